The van der Waals surface area contributed by atoms with Gasteiger partial charge in [0.25, 0.3) is 5.91 Å². The number of ether oxygens (including phenoxy) is 1. The number of ketones is 1. The first-order chi connectivity index (χ1) is 22.8. The third kappa shape index (κ3) is 11.4. The van der Waals surface area contributed by atoms with Gasteiger partial charge in [-0.2, -0.15) is 22.0 Å². The van der Waals surface area contributed by atoms with E-state index in [9.17, 15) is 41.1 Å². The highest BCUT2D eigenvalue weighted by Crippen LogP contribution is 2.31. The van der Waals surface area contributed by atoms with Crippen molar-refractivity contribution in [3.8, 4) is 5.75 Å². The van der Waals surface area contributed by atoms with E-state index in [1.807, 2.05) is 0 Å². The molecule has 3 aromatic rings. The van der Waals surface area contributed by atoms with E-state index >= 15 is 0 Å². The third-order valence-corrected chi connectivity index (χ3v) is 8.08. The molecule has 3 N–H and O–H groups in total. The van der Waals surface area contributed by atoms with Crippen LogP contribution in [0.1, 0.15) is 43.5 Å². The van der Waals surface area contributed by atoms with E-state index in [1.165, 1.54) is 50.2 Å². The lowest BCUT2D eigenvalue weighted by Crippen LogP contribution is -2.58. The Hall–Kier alpha value is -3.65. The molecule has 3 rings (SSSR count). The zero-order valence-corrected chi connectivity index (χ0v) is 28.5. The molecule has 0 fully saturated rings. The van der Waals surface area contributed by atoms with Gasteiger partial charge in [-0.15, -0.1) is 0 Å². The van der Waals surface area contributed by atoms with E-state index in [1.54, 1.807) is 30.3 Å². The zero-order valence-electron chi connectivity index (χ0n) is 25.5. The summed E-state index contributed by atoms with van der Waals surface area (Å²) in [6.45, 7) is 0.416. The van der Waals surface area contributed by atoms with Crippen LogP contribution in [0.5, 0.6) is 5.75 Å². The summed E-state index contributed by atoms with van der Waals surface area (Å²) in [4.78, 5) is 51.9. The zero-order chi connectivity index (χ0) is 36.7. The first-order valence-electron chi connectivity index (χ1n) is 14.3. The highest BCUT2D eigenvalue weighted by atomic mass is 35.5. The molecular weight excluding hydrogens is 743 g/mol. The topological polar surface area (TPSA) is 114 Å². The van der Waals surface area contributed by atoms with E-state index in [0.29, 0.717) is 16.3 Å². The standard InChI is InChI=1S/C32H28Cl4F5N3O5/c1-16(2)26(28(46)32(40,41)30(48)42-15-31(37,38)39)44-29(47)27(17-3-6-19(33)7-4-17)43-25(45)14-24(18-5-12-22(35)23(36)13-18)49-21-10-8-20(34)9-11-21/h3-13,16,24,26-27H,14-15H2,1-2H3,(H,42,48)(H,43,45)(H,44,47)/t24-,26-,27-/m0/s1. The number of halogens is 9. The Morgan fingerprint density at radius 3 is 1.84 bits per heavy atom. The summed E-state index contributed by atoms with van der Waals surface area (Å²) in [7, 11) is 0. The number of amides is 3. The van der Waals surface area contributed by atoms with Crippen molar-refractivity contribution in [2.75, 3.05) is 6.54 Å². The number of carbonyl (C=O) groups excluding carboxylic acids is 4. The molecule has 0 saturated heterocycles. The van der Waals surface area contributed by atoms with Gasteiger partial charge in [-0.25, -0.2) is 0 Å². The molecule has 0 heterocycles. The van der Waals surface area contributed by atoms with E-state index < -0.39 is 72.7 Å². The maximum Gasteiger partial charge on any atom is 0.405 e. The molecule has 0 spiro atoms. The summed E-state index contributed by atoms with van der Waals surface area (Å²) in [6, 6.07) is 12.6. The minimum atomic E-state index is -5.02. The second-order valence-electron chi connectivity index (χ2n) is 11.0. The van der Waals surface area contributed by atoms with Crippen LogP contribution < -0.4 is 20.7 Å². The van der Waals surface area contributed by atoms with Gasteiger partial charge in [0.15, 0.2) is 0 Å². The highest BCUT2D eigenvalue weighted by Gasteiger charge is 2.52. The third-order valence-electron chi connectivity index (χ3n) is 6.84. The summed E-state index contributed by atoms with van der Waals surface area (Å²) in [5.41, 5.74) is 0.535. The highest BCUT2D eigenvalue weighted by molar-refractivity contribution is 6.42. The summed E-state index contributed by atoms with van der Waals surface area (Å²) in [5, 5.41) is 6.67. The van der Waals surface area contributed by atoms with Crippen LogP contribution in [-0.4, -0.2) is 48.2 Å². The first kappa shape index (κ1) is 39.8. The number of hydrogen-bond donors (Lipinski definition) is 3. The van der Waals surface area contributed by atoms with Crippen LogP contribution in [0.2, 0.25) is 20.1 Å². The van der Waals surface area contributed by atoms with Crippen molar-refractivity contribution in [3.05, 3.63) is 97.9 Å². The number of alkyl halides is 5. The Morgan fingerprint density at radius 1 is 0.755 bits per heavy atom. The summed E-state index contributed by atoms with van der Waals surface area (Å²) in [6.07, 6.45) is -6.46. The maximum absolute atomic E-state index is 14.8. The monoisotopic (exact) mass is 769 g/mol. The molecule has 264 valence electrons. The van der Waals surface area contributed by atoms with Gasteiger partial charge in [0.05, 0.1) is 22.5 Å². The van der Waals surface area contributed by atoms with Crippen LogP contribution in [-0.2, 0) is 19.2 Å². The lowest BCUT2D eigenvalue weighted by atomic mass is 9.94. The normalized spacial score (nSPS) is 13.6. The lowest BCUT2D eigenvalue weighted by Gasteiger charge is -2.28. The van der Waals surface area contributed by atoms with Crippen molar-refractivity contribution in [1.29, 1.82) is 0 Å². The number of Topliss-reactive ketones (excluding diaryl/α,β-unsaturated/α-hetero) is 1. The molecular formula is C32H28Cl4F5N3O5. The van der Waals surface area contributed by atoms with Crippen LogP contribution in [0.25, 0.3) is 0 Å². The van der Waals surface area contributed by atoms with E-state index in [2.05, 4.69) is 10.6 Å². The van der Waals surface area contributed by atoms with Crippen molar-refractivity contribution in [2.24, 2.45) is 5.92 Å². The van der Waals surface area contributed by atoms with Gasteiger partial charge in [-0.1, -0.05) is 78.5 Å². The molecule has 0 radical (unpaired) electrons. The van der Waals surface area contributed by atoms with Gasteiger partial charge >= 0.3 is 12.1 Å². The summed E-state index contributed by atoms with van der Waals surface area (Å²) in [5.74, 6) is -12.3. The first-order valence-corrected chi connectivity index (χ1v) is 15.8. The molecule has 3 atom stereocenters. The minimum absolute atomic E-state index is 0.115. The van der Waals surface area contributed by atoms with Crippen LogP contribution in [0, 0.1) is 5.92 Å². The molecule has 3 aromatic carbocycles. The average Bonchev–Trinajstić information content (AvgIpc) is 3.02. The minimum Gasteiger partial charge on any atom is -0.485 e. The fourth-order valence-corrected chi connectivity index (χ4v) is 4.89. The maximum atomic E-state index is 14.8. The van der Waals surface area contributed by atoms with Crippen LogP contribution >= 0.6 is 46.4 Å². The van der Waals surface area contributed by atoms with Gasteiger partial charge in [-0.3, -0.25) is 19.2 Å². The Balaban J connectivity index is 1.90. The van der Waals surface area contributed by atoms with Crippen molar-refractivity contribution in [1.82, 2.24) is 16.0 Å². The largest absolute Gasteiger partial charge is 0.485 e. The molecule has 0 bridgehead atoms. The Bertz CT molecular complexity index is 1660. The molecule has 3 amide bonds. The fourth-order valence-electron chi connectivity index (χ4n) is 4.33. The van der Waals surface area contributed by atoms with E-state index in [4.69, 9.17) is 51.1 Å². The Labute approximate surface area is 297 Å². The lowest BCUT2D eigenvalue weighted by molar-refractivity contribution is -0.165. The molecule has 0 unspecified atom stereocenters. The number of carbonyl (C=O) groups is 4. The quantitative estimate of drug-likeness (QED) is 0.115. The van der Waals surface area contributed by atoms with Crippen LogP contribution in [0.15, 0.2) is 66.7 Å². The molecule has 49 heavy (non-hydrogen) atoms. The second-order valence-corrected chi connectivity index (χ2v) is 12.6. The van der Waals surface area contributed by atoms with Crippen molar-refractivity contribution < 1.29 is 45.9 Å². The summed E-state index contributed by atoms with van der Waals surface area (Å²) >= 11 is 24.2. The Morgan fingerprint density at radius 2 is 1.31 bits per heavy atom. The molecule has 0 saturated carbocycles. The van der Waals surface area contributed by atoms with Crippen LogP contribution in [0.4, 0.5) is 22.0 Å². The van der Waals surface area contributed by atoms with E-state index in [-0.39, 0.29) is 20.6 Å². The molecule has 0 aliphatic rings. The van der Waals surface area contributed by atoms with Gasteiger partial charge < -0.3 is 20.7 Å². The van der Waals surface area contributed by atoms with Gasteiger partial charge in [-0.05, 0) is 65.6 Å². The smallest absolute Gasteiger partial charge is 0.405 e. The van der Waals surface area contributed by atoms with E-state index in [0.717, 1.165) is 5.32 Å². The van der Waals surface area contributed by atoms with Gasteiger partial charge in [0, 0.05) is 10.0 Å². The number of hydrogen-bond acceptors (Lipinski definition) is 5. The summed E-state index contributed by atoms with van der Waals surface area (Å²) < 4.78 is 73.1. The number of rotatable bonds is 14. The van der Waals surface area contributed by atoms with Gasteiger partial charge in [0.1, 0.15) is 24.4 Å². The number of nitrogens with one attached hydrogen (secondary N) is 3. The number of benzene rings is 3. The van der Waals surface area contributed by atoms with Gasteiger partial charge in [0.2, 0.25) is 17.6 Å². The molecule has 0 aromatic heterocycles. The van der Waals surface area contributed by atoms with Crippen molar-refractivity contribution >= 4 is 69.9 Å². The molecule has 8 nitrogen and oxygen atoms in total. The molecule has 0 aliphatic heterocycles. The molecule has 0 aliphatic carbocycles. The predicted molar refractivity (Wildman–Crippen MR) is 174 cm³/mol. The average molecular weight is 771 g/mol. The van der Waals surface area contributed by atoms with Crippen LogP contribution in [0.3, 0.4) is 0 Å². The Kier molecular flexibility index (Phi) is 13.7. The van der Waals surface area contributed by atoms with Crippen molar-refractivity contribution in [2.45, 2.75) is 50.6 Å². The predicted octanol–water partition coefficient (Wildman–Crippen LogP) is 7.69. The molecule has 17 heteroatoms. The SMILES string of the molecule is CC(C)[C@H](NC(=O)[C@@H](NC(=O)C[C@H](Oc1ccc(Cl)cc1)c1ccc(Cl)c(Cl)c1)c1ccc(Cl)cc1)C(=O)C(F)(F)C(=O)NCC(F)(F)F. The second kappa shape index (κ2) is 16.8. The van der Waals surface area contributed by atoms with Crippen molar-refractivity contribution in [3.63, 3.8) is 0 Å². The fraction of sp³-hybridized carbons (Fsp3) is 0.312.